The molecule has 0 atom stereocenters. The molecule has 0 radical (unpaired) electrons. The Hall–Kier alpha value is -2.49. The van der Waals surface area contributed by atoms with Gasteiger partial charge in [-0.25, -0.2) is 14.8 Å². The standard InChI is InChI=1S/C22H26N2O2/c1-14(12-18(25)26)6-7-15-8-9-16-17(13-15)24-20-19(23-16)21(2,3)10-11-22(20,4)5/h6-9,12-13H,10-11H2,1-5H3,(H,25,26)/b7-6+,14-12+. The summed E-state index contributed by atoms with van der Waals surface area (Å²) in [5.74, 6) is -0.937. The Labute approximate surface area is 154 Å². The molecular formula is C22H26N2O2. The van der Waals surface area contributed by atoms with Crippen molar-refractivity contribution in [3.05, 3.63) is 52.9 Å². The fourth-order valence-electron chi connectivity index (χ4n) is 3.45. The van der Waals surface area contributed by atoms with E-state index >= 15 is 0 Å². The van der Waals surface area contributed by atoms with Crippen LogP contribution in [0.2, 0.25) is 0 Å². The van der Waals surface area contributed by atoms with E-state index in [0.717, 1.165) is 40.8 Å². The zero-order chi connectivity index (χ0) is 19.1. The lowest BCUT2D eigenvalue weighted by Crippen LogP contribution is -2.36. The monoisotopic (exact) mass is 350 g/mol. The van der Waals surface area contributed by atoms with Crippen molar-refractivity contribution >= 4 is 23.1 Å². The number of benzene rings is 1. The fraction of sp³-hybridized carbons (Fsp3) is 0.409. The molecule has 0 bridgehead atoms. The molecule has 2 aromatic rings. The first-order valence-corrected chi connectivity index (χ1v) is 9.01. The van der Waals surface area contributed by atoms with Crippen LogP contribution in [0.15, 0.2) is 35.9 Å². The Kier molecular flexibility index (Phi) is 4.47. The van der Waals surface area contributed by atoms with Gasteiger partial charge in [-0.05, 0) is 43.0 Å². The molecule has 0 aliphatic heterocycles. The lowest BCUT2D eigenvalue weighted by Gasteiger charge is -2.39. The van der Waals surface area contributed by atoms with Gasteiger partial charge in [-0.2, -0.15) is 0 Å². The van der Waals surface area contributed by atoms with Crippen LogP contribution in [0.1, 0.15) is 64.4 Å². The minimum atomic E-state index is -0.937. The van der Waals surface area contributed by atoms with E-state index in [1.165, 1.54) is 6.08 Å². The summed E-state index contributed by atoms with van der Waals surface area (Å²) in [6.07, 6.45) is 7.12. The highest BCUT2D eigenvalue weighted by Gasteiger charge is 2.39. The number of allylic oxidation sites excluding steroid dienone is 2. The molecule has 3 rings (SSSR count). The van der Waals surface area contributed by atoms with E-state index in [4.69, 9.17) is 15.1 Å². The molecular weight excluding hydrogens is 324 g/mol. The highest BCUT2D eigenvalue weighted by molar-refractivity contribution is 5.82. The summed E-state index contributed by atoms with van der Waals surface area (Å²) in [6, 6.07) is 6.01. The maximum absolute atomic E-state index is 10.7. The molecule has 0 fully saturated rings. The molecule has 4 heteroatoms. The molecule has 1 aliphatic rings. The van der Waals surface area contributed by atoms with Crippen molar-refractivity contribution in [2.45, 2.75) is 58.3 Å². The number of carboxylic acids is 1. The molecule has 1 aromatic heterocycles. The molecule has 1 N–H and O–H groups in total. The normalized spacial score (nSPS) is 18.9. The largest absolute Gasteiger partial charge is 0.478 e. The van der Waals surface area contributed by atoms with Gasteiger partial charge in [-0.1, -0.05) is 45.9 Å². The fourth-order valence-corrected chi connectivity index (χ4v) is 3.45. The van der Waals surface area contributed by atoms with Gasteiger partial charge in [0.05, 0.1) is 22.4 Å². The van der Waals surface area contributed by atoms with Crippen LogP contribution in [-0.2, 0) is 15.6 Å². The van der Waals surface area contributed by atoms with Crippen LogP contribution in [0.4, 0.5) is 0 Å². The molecule has 136 valence electrons. The van der Waals surface area contributed by atoms with Crippen molar-refractivity contribution in [3.63, 3.8) is 0 Å². The second kappa shape index (κ2) is 6.35. The quantitative estimate of drug-likeness (QED) is 0.623. The maximum atomic E-state index is 10.7. The number of carbonyl (C=O) groups is 1. The predicted octanol–water partition coefficient (Wildman–Crippen LogP) is 5.02. The first kappa shape index (κ1) is 18.3. The molecule has 0 spiro atoms. The van der Waals surface area contributed by atoms with E-state index < -0.39 is 5.97 Å². The van der Waals surface area contributed by atoms with Gasteiger partial charge in [0.15, 0.2) is 0 Å². The molecule has 0 amide bonds. The van der Waals surface area contributed by atoms with E-state index in [1.807, 2.05) is 24.3 Å². The van der Waals surface area contributed by atoms with E-state index in [-0.39, 0.29) is 10.8 Å². The highest BCUT2D eigenvalue weighted by Crippen LogP contribution is 2.44. The summed E-state index contributed by atoms with van der Waals surface area (Å²) in [5, 5.41) is 8.80. The number of hydrogen-bond donors (Lipinski definition) is 1. The number of aromatic nitrogens is 2. The number of carboxylic acid groups (broad SMARTS) is 1. The molecule has 4 nitrogen and oxygen atoms in total. The lowest BCUT2D eigenvalue weighted by molar-refractivity contribution is -0.131. The summed E-state index contributed by atoms with van der Waals surface area (Å²) < 4.78 is 0. The first-order chi connectivity index (χ1) is 12.1. The Balaban J connectivity index is 2.06. The molecule has 0 saturated carbocycles. The number of hydrogen-bond acceptors (Lipinski definition) is 3. The average molecular weight is 350 g/mol. The number of nitrogens with zero attached hydrogens (tertiary/aromatic N) is 2. The van der Waals surface area contributed by atoms with Crippen molar-refractivity contribution in [2.24, 2.45) is 0 Å². The van der Waals surface area contributed by atoms with Crippen LogP contribution in [0.5, 0.6) is 0 Å². The lowest BCUT2D eigenvalue weighted by atomic mass is 9.67. The van der Waals surface area contributed by atoms with Gasteiger partial charge >= 0.3 is 5.97 Å². The van der Waals surface area contributed by atoms with Crippen molar-refractivity contribution in [1.82, 2.24) is 9.97 Å². The molecule has 1 heterocycles. The summed E-state index contributed by atoms with van der Waals surface area (Å²) in [7, 11) is 0. The molecule has 1 aliphatic carbocycles. The molecule has 26 heavy (non-hydrogen) atoms. The summed E-state index contributed by atoms with van der Waals surface area (Å²) in [5.41, 5.74) is 5.76. The molecule has 1 aromatic carbocycles. The smallest absolute Gasteiger partial charge is 0.328 e. The average Bonchev–Trinajstić information content (AvgIpc) is 2.55. The van der Waals surface area contributed by atoms with Gasteiger partial charge in [-0.3, -0.25) is 0 Å². The van der Waals surface area contributed by atoms with Crippen molar-refractivity contribution in [3.8, 4) is 0 Å². The van der Waals surface area contributed by atoms with Crippen LogP contribution >= 0.6 is 0 Å². The maximum Gasteiger partial charge on any atom is 0.328 e. The van der Waals surface area contributed by atoms with Crippen LogP contribution in [0.3, 0.4) is 0 Å². The van der Waals surface area contributed by atoms with Crippen LogP contribution in [-0.4, -0.2) is 21.0 Å². The minimum Gasteiger partial charge on any atom is -0.478 e. The number of aliphatic carboxylic acids is 1. The van der Waals surface area contributed by atoms with Gasteiger partial charge in [0.1, 0.15) is 0 Å². The topological polar surface area (TPSA) is 63.1 Å². The third-order valence-corrected chi connectivity index (χ3v) is 5.24. The SMILES string of the molecule is CC(/C=C/c1ccc2nc3c(nc2c1)C(C)(C)CCC3(C)C)=C\C(=O)O. The summed E-state index contributed by atoms with van der Waals surface area (Å²) in [4.78, 5) is 20.7. The predicted molar refractivity (Wildman–Crippen MR) is 105 cm³/mol. The molecule has 0 unspecified atom stereocenters. The highest BCUT2D eigenvalue weighted by atomic mass is 16.4. The van der Waals surface area contributed by atoms with Crippen LogP contribution in [0, 0.1) is 0 Å². The van der Waals surface area contributed by atoms with E-state index in [1.54, 1.807) is 13.0 Å². The summed E-state index contributed by atoms with van der Waals surface area (Å²) in [6.45, 7) is 10.7. The van der Waals surface area contributed by atoms with Gasteiger partial charge in [0, 0.05) is 16.9 Å². The zero-order valence-corrected chi connectivity index (χ0v) is 16.1. The third-order valence-electron chi connectivity index (χ3n) is 5.24. The second-order valence-electron chi connectivity index (χ2n) is 8.50. The van der Waals surface area contributed by atoms with Crippen molar-refractivity contribution in [2.75, 3.05) is 0 Å². The van der Waals surface area contributed by atoms with E-state index in [2.05, 4.69) is 27.7 Å². The molecule has 0 saturated heterocycles. The first-order valence-electron chi connectivity index (χ1n) is 9.01. The van der Waals surface area contributed by atoms with Crippen LogP contribution < -0.4 is 0 Å². The van der Waals surface area contributed by atoms with E-state index in [9.17, 15) is 4.79 Å². The second-order valence-corrected chi connectivity index (χ2v) is 8.50. The Morgan fingerprint density at radius 2 is 1.62 bits per heavy atom. The zero-order valence-electron chi connectivity index (χ0n) is 16.1. The van der Waals surface area contributed by atoms with Gasteiger partial charge in [0.25, 0.3) is 0 Å². The van der Waals surface area contributed by atoms with Crippen molar-refractivity contribution in [1.29, 1.82) is 0 Å². The van der Waals surface area contributed by atoms with Crippen molar-refractivity contribution < 1.29 is 9.90 Å². The van der Waals surface area contributed by atoms with Crippen LogP contribution in [0.25, 0.3) is 17.1 Å². The Morgan fingerprint density at radius 3 is 2.19 bits per heavy atom. The van der Waals surface area contributed by atoms with E-state index in [0.29, 0.717) is 5.57 Å². The van der Waals surface area contributed by atoms with Gasteiger partial charge in [-0.15, -0.1) is 0 Å². The minimum absolute atomic E-state index is 0.0265. The van der Waals surface area contributed by atoms with Gasteiger partial charge in [0.2, 0.25) is 0 Å². The Morgan fingerprint density at radius 1 is 1.04 bits per heavy atom. The number of rotatable bonds is 3. The number of fused-ring (bicyclic) bond motifs is 2. The van der Waals surface area contributed by atoms with Gasteiger partial charge < -0.3 is 5.11 Å². The Bertz CT molecular complexity index is 937. The summed E-state index contributed by atoms with van der Waals surface area (Å²) >= 11 is 0. The third kappa shape index (κ3) is 3.55.